The summed E-state index contributed by atoms with van der Waals surface area (Å²) in [7, 11) is 3.12. The van der Waals surface area contributed by atoms with Gasteiger partial charge in [-0.05, 0) is 65.7 Å². The summed E-state index contributed by atoms with van der Waals surface area (Å²) in [6.07, 6.45) is 1.52. The highest BCUT2D eigenvalue weighted by molar-refractivity contribution is 6.42. The van der Waals surface area contributed by atoms with Gasteiger partial charge >= 0.3 is 0 Å². The fourth-order valence-corrected chi connectivity index (χ4v) is 2.98. The van der Waals surface area contributed by atoms with Gasteiger partial charge in [0.25, 0.3) is 5.91 Å². The van der Waals surface area contributed by atoms with Crippen LogP contribution in [0.25, 0.3) is 0 Å². The molecule has 0 aliphatic heterocycles. The summed E-state index contributed by atoms with van der Waals surface area (Å²) in [4.78, 5) is 12.3. The van der Waals surface area contributed by atoms with Gasteiger partial charge in [-0.2, -0.15) is 5.10 Å². The Labute approximate surface area is 190 Å². The molecule has 0 saturated carbocycles. The first kappa shape index (κ1) is 22.5. The van der Waals surface area contributed by atoms with Crippen molar-refractivity contribution in [1.29, 1.82) is 0 Å². The van der Waals surface area contributed by atoms with Crippen LogP contribution >= 0.6 is 23.2 Å². The topological polar surface area (TPSA) is 69.2 Å². The van der Waals surface area contributed by atoms with Crippen molar-refractivity contribution in [1.82, 2.24) is 5.43 Å². The highest BCUT2D eigenvalue weighted by atomic mass is 35.5. The molecule has 0 fully saturated rings. The monoisotopic (exact) mass is 458 g/mol. The number of rotatable bonds is 8. The van der Waals surface area contributed by atoms with E-state index in [1.807, 2.05) is 6.07 Å². The second kappa shape index (κ2) is 10.7. The quantitative estimate of drug-likeness (QED) is 0.364. The van der Waals surface area contributed by atoms with Crippen molar-refractivity contribution in [3.63, 3.8) is 0 Å². The molecule has 3 rings (SSSR count). The number of hydrogen-bond donors (Lipinski definition) is 1. The molecule has 0 spiro atoms. The fraction of sp³-hybridized carbons (Fsp3) is 0.130. The van der Waals surface area contributed by atoms with E-state index in [1.165, 1.54) is 6.21 Å². The van der Waals surface area contributed by atoms with E-state index in [0.29, 0.717) is 39.5 Å². The maximum absolute atomic E-state index is 12.3. The molecule has 0 aliphatic rings. The number of carbonyl (C=O) groups excluding carboxylic acids is 1. The van der Waals surface area contributed by atoms with Crippen LogP contribution in [0.2, 0.25) is 10.0 Å². The summed E-state index contributed by atoms with van der Waals surface area (Å²) >= 11 is 11.9. The van der Waals surface area contributed by atoms with E-state index in [1.54, 1.807) is 68.8 Å². The number of methoxy groups -OCH3 is 2. The highest BCUT2D eigenvalue weighted by Crippen LogP contribution is 2.27. The smallest absolute Gasteiger partial charge is 0.271 e. The van der Waals surface area contributed by atoms with Crippen LogP contribution in [0.3, 0.4) is 0 Å². The van der Waals surface area contributed by atoms with Crippen LogP contribution in [0.5, 0.6) is 17.2 Å². The maximum Gasteiger partial charge on any atom is 0.271 e. The van der Waals surface area contributed by atoms with Gasteiger partial charge in [-0.1, -0.05) is 29.3 Å². The van der Waals surface area contributed by atoms with Crippen molar-refractivity contribution in [3.8, 4) is 17.2 Å². The highest BCUT2D eigenvalue weighted by Gasteiger charge is 2.06. The molecule has 1 N–H and O–H groups in total. The number of halogens is 2. The predicted octanol–water partition coefficient (Wildman–Crippen LogP) is 5.35. The standard InChI is InChI=1S/C23H20Cl2N2O4/c1-29-21-10-4-15(12-22(21)30-2)13-26-27-23(28)17-5-7-18(8-6-17)31-14-16-3-9-19(24)20(25)11-16/h3-13H,14H2,1-2H3,(H,27,28)/b26-13+. The van der Waals surface area contributed by atoms with Crippen LogP contribution in [0, 0.1) is 0 Å². The van der Waals surface area contributed by atoms with Gasteiger partial charge in [0.15, 0.2) is 11.5 Å². The van der Waals surface area contributed by atoms with Gasteiger partial charge in [-0.3, -0.25) is 4.79 Å². The summed E-state index contributed by atoms with van der Waals surface area (Å²) in [5.41, 5.74) is 4.59. The van der Waals surface area contributed by atoms with Crippen LogP contribution in [0.4, 0.5) is 0 Å². The molecule has 6 nitrogen and oxygen atoms in total. The molecular weight excluding hydrogens is 439 g/mol. The number of nitrogens with zero attached hydrogens (tertiary/aromatic N) is 1. The minimum atomic E-state index is -0.340. The zero-order chi connectivity index (χ0) is 22.2. The van der Waals surface area contributed by atoms with Gasteiger partial charge in [0, 0.05) is 5.56 Å². The first-order valence-electron chi connectivity index (χ1n) is 9.22. The average Bonchev–Trinajstić information content (AvgIpc) is 2.80. The largest absolute Gasteiger partial charge is 0.493 e. The Kier molecular flexibility index (Phi) is 7.76. The Bertz CT molecular complexity index is 1090. The van der Waals surface area contributed by atoms with Gasteiger partial charge in [0.2, 0.25) is 0 Å². The molecule has 1 amide bonds. The number of ether oxygens (including phenoxy) is 3. The SMILES string of the molecule is COc1ccc(/C=N/NC(=O)c2ccc(OCc3ccc(Cl)c(Cl)c3)cc2)cc1OC. The minimum absolute atomic E-state index is 0.331. The Balaban J connectivity index is 1.55. The van der Waals surface area contributed by atoms with Crippen molar-refractivity contribution >= 4 is 35.3 Å². The number of carbonyl (C=O) groups is 1. The molecule has 3 aromatic rings. The third-order valence-electron chi connectivity index (χ3n) is 4.29. The Hall–Kier alpha value is -3.22. The van der Waals surface area contributed by atoms with E-state index < -0.39 is 0 Å². The molecule has 0 bridgehead atoms. The molecule has 0 radical (unpaired) electrons. The van der Waals surface area contributed by atoms with Crippen molar-refractivity contribution < 1.29 is 19.0 Å². The Morgan fingerprint density at radius 3 is 2.35 bits per heavy atom. The zero-order valence-electron chi connectivity index (χ0n) is 16.9. The number of benzene rings is 3. The van der Waals surface area contributed by atoms with Crippen LogP contribution in [0.1, 0.15) is 21.5 Å². The second-order valence-electron chi connectivity index (χ2n) is 6.38. The van der Waals surface area contributed by atoms with E-state index in [0.717, 1.165) is 11.1 Å². The third-order valence-corrected chi connectivity index (χ3v) is 5.03. The van der Waals surface area contributed by atoms with Crippen molar-refractivity contribution in [3.05, 3.63) is 87.4 Å². The summed E-state index contributed by atoms with van der Waals surface area (Å²) in [6.45, 7) is 0.331. The van der Waals surface area contributed by atoms with Crippen LogP contribution < -0.4 is 19.6 Å². The van der Waals surface area contributed by atoms with E-state index in [2.05, 4.69) is 10.5 Å². The van der Waals surface area contributed by atoms with Gasteiger partial charge < -0.3 is 14.2 Å². The van der Waals surface area contributed by atoms with E-state index in [4.69, 9.17) is 37.4 Å². The normalized spacial score (nSPS) is 10.7. The van der Waals surface area contributed by atoms with Crippen LogP contribution in [0.15, 0.2) is 65.8 Å². The van der Waals surface area contributed by atoms with Gasteiger partial charge in [-0.25, -0.2) is 5.43 Å². The van der Waals surface area contributed by atoms with Gasteiger partial charge in [0.05, 0.1) is 30.5 Å². The van der Waals surface area contributed by atoms with Crippen molar-refractivity contribution in [2.45, 2.75) is 6.61 Å². The summed E-state index contributed by atoms with van der Waals surface area (Å²) in [5.74, 6) is 1.48. The van der Waals surface area contributed by atoms with Gasteiger partial charge in [-0.15, -0.1) is 0 Å². The molecule has 31 heavy (non-hydrogen) atoms. The first-order valence-corrected chi connectivity index (χ1v) is 9.98. The molecule has 0 atom stereocenters. The van der Waals surface area contributed by atoms with Crippen molar-refractivity contribution in [2.24, 2.45) is 5.10 Å². The van der Waals surface area contributed by atoms with Crippen molar-refractivity contribution in [2.75, 3.05) is 14.2 Å². The molecule has 0 heterocycles. The van der Waals surface area contributed by atoms with Gasteiger partial charge in [0.1, 0.15) is 12.4 Å². The molecule has 0 aromatic heterocycles. The summed E-state index contributed by atoms with van der Waals surface area (Å²) in [5, 5.41) is 4.96. The molecule has 160 valence electrons. The predicted molar refractivity (Wildman–Crippen MR) is 122 cm³/mol. The second-order valence-corrected chi connectivity index (χ2v) is 7.19. The lowest BCUT2D eigenvalue weighted by atomic mass is 10.2. The lowest BCUT2D eigenvalue weighted by Crippen LogP contribution is -2.17. The van der Waals surface area contributed by atoms with E-state index >= 15 is 0 Å². The lowest BCUT2D eigenvalue weighted by molar-refractivity contribution is 0.0955. The van der Waals surface area contributed by atoms with E-state index in [9.17, 15) is 4.79 Å². The van der Waals surface area contributed by atoms with E-state index in [-0.39, 0.29) is 5.91 Å². The van der Waals surface area contributed by atoms with Crippen LogP contribution in [-0.2, 0) is 6.61 Å². The third kappa shape index (κ3) is 6.13. The van der Waals surface area contributed by atoms with Crippen LogP contribution in [-0.4, -0.2) is 26.3 Å². The molecule has 3 aromatic carbocycles. The summed E-state index contributed by atoms with van der Waals surface area (Å²) in [6, 6.07) is 17.4. The molecule has 0 aliphatic carbocycles. The fourth-order valence-electron chi connectivity index (χ4n) is 2.66. The number of nitrogens with one attached hydrogen (secondary N) is 1. The first-order chi connectivity index (χ1) is 15.0. The molecule has 0 saturated heterocycles. The molecule has 8 heteroatoms. The lowest BCUT2D eigenvalue weighted by Gasteiger charge is -2.08. The number of hydrazone groups is 1. The summed E-state index contributed by atoms with van der Waals surface area (Å²) < 4.78 is 16.2. The minimum Gasteiger partial charge on any atom is -0.493 e. The molecule has 0 unspecified atom stereocenters. The molecular formula is C23H20Cl2N2O4. The Morgan fingerprint density at radius 2 is 1.68 bits per heavy atom. The number of amides is 1. The zero-order valence-corrected chi connectivity index (χ0v) is 18.4. The maximum atomic E-state index is 12.3. The Morgan fingerprint density at radius 1 is 0.935 bits per heavy atom. The number of hydrogen-bond acceptors (Lipinski definition) is 5. The average molecular weight is 459 g/mol.